The summed E-state index contributed by atoms with van der Waals surface area (Å²) < 4.78 is 29.1. The molecule has 0 radical (unpaired) electrons. The molecule has 4 atom stereocenters. The number of hydrogen-bond acceptors (Lipinski definition) is 3. The van der Waals surface area contributed by atoms with Crippen molar-refractivity contribution in [3.8, 4) is 0 Å². The first kappa shape index (κ1) is 21.7. The average Bonchev–Trinajstić information content (AvgIpc) is 3.04. The number of ketones is 1. The van der Waals surface area contributed by atoms with Crippen LogP contribution in [0.25, 0.3) is 0 Å². The SMILES string of the molecule is C[C@]12CC[C@H]([C@H](Br)C1=O)[C@]2(C)CS(=O)(=O)N(Cc1ccccc1)Cc1ccccc1. The first-order valence-corrected chi connectivity index (χ1v) is 12.9. The molecule has 0 N–H and O–H groups in total. The molecule has 2 aromatic carbocycles. The van der Waals surface area contributed by atoms with Gasteiger partial charge in [-0.1, -0.05) is 90.4 Å². The number of nitrogens with zero attached hydrogens (tertiary/aromatic N) is 1. The van der Waals surface area contributed by atoms with Crippen molar-refractivity contribution in [1.82, 2.24) is 4.31 Å². The lowest BCUT2D eigenvalue weighted by molar-refractivity contribution is -0.127. The number of rotatable bonds is 7. The lowest BCUT2D eigenvalue weighted by atomic mass is 9.70. The fourth-order valence-electron chi connectivity index (χ4n) is 5.38. The van der Waals surface area contributed by atoms with E-state index in [9.17, 15) is 13.2 Å². The van der Waals surface area contributed by atoms with Crippen LogP contribution in [-0.4, -0.2) is 29.1 Å². The van der Waals surface area contributed by atoms with Crippen LogP contribution in [0.2, 0.25) is 0 Å². The Morgan fingerprint density at radius 3 is 1.90 bits per heavy atom. The smallest absolute Gasteiger partial charge is 0.215 e. The second-order valence-corrected chi connectivity index (χ2v) is 12.1. The molecule has 2 aliphatic rings. The Bertz CT molecular complexity index is 985. The maximum Gasteiger partial charge on any atom is 0.215 e. The molecule has 0 spiro atoms. The summed E-state index contributed by atoms with van der Waals surface area (Å²) in [6.45, 7) is 4.61. The zero-order valence-corrected chi connectivity index (χ0v) is 19.8. The van der Waals surface area contributed by atoms with E-state index in [2.05, 4.69) is 15.9 Å². The molecule has 6 heteroatoms. The molecular weight excluding hydrogens is 462 g/mol. The van der Waals surface area contributed by atoms with Crippen molar-refractivity contribution in [2.75, 3.05) is 5.75 Å². The summed E-state index contributed by atoms with van der Waals surface area (Å²) in [7, 11) is -3.61. The number of Topliss-reactive ketones (excluding diaryl/α,β-unsaturated/α-hetero) is 1. The third-order valence-corrected chi connectivity index (χ3v) is 10.5. The highest BCUT2D eigenvalue weighted by Crippen LogP contribution is 2.65. The number of fused-ring (bicyclic) bond motifs is 2. The van der Waals surface area contributed by atoms with Crippen molar-refractivity contribution in [3.63, 3.8) is 0 Å². The van der Waals surface area contributed by atoms with E-state index in [0.717, 1.165) is 24.0 Å². The van der Waals surface area contributed by atoms with Gasteiger partial charge in [0.15, 0.2) is 5.78 Å². The molecular formula is C24H28BrNO3S. The minimum absolute atomic E-state index is 0.00528. The van der Waals surface area contributed by atoms with E-state index in [1.54, 1.807) is 4.31 Å². The van der Waals surface area contributed by atoms with Crippen molar-refractivity contribution < 1.29 is 13.2 Å². The molecule has 4 nitrogen and oxygen atoms in total. The lowest BCUT2D eigenvalue weighted by Gasteiger charge is -2.37. The zero-order chi connectivity index (χ0) is 21.6. The number of carbonyl (C=O) groups is 1. The Kier molecular flexibility index (Phi) is 5.71. The second kappa shape index (κ2) is 7.88. The van der Waals surface area contributed by atoms with Gasteiger partial charge in [0.2, 0.25) is 10.0 Å². The number of hydrogen-bond donors (Lipinski definition) is 0. The van der Waals surface area contributed by atoms with Crippen LogP contribution in [0.3, 0.4) is 0 Å². The predicted molar refractivity (Wildman–Crippen MR) is 123 cm³/mol. The van der Waals surface area contributed by atoms with Gasteiger partial charge in [-0.2, -0.15) is 4.31 Å². The van der Waals surface area contributed by atoms with Gasteiger partial charge in [0.25, 0.3) is 0 Å². The number of halogens is 1. The molecule has 160 valence electrons. The van der Waals surface area contributed by atoms with Gasteiger partial charge in [0.05, 0.1) is 10.6 Å². The monoisotopic (exact) mass is 489 g/mol. The van der Waals surface area contributed by atoms with Crippen LogP contribution in [-0.2, 0) is 27.9 Å². The Morgan fingerprint density at radius 2 is 1.47 bits per heavy atom. The third kappa shape index (κ3) is 3.57. The summed E-state index contributed by atoms with van der Waals surface area (Å²) in [6, 6.07) is 19.4. The van der Waals surface area contributed by atoms with Gasteiger partial charge in [-0.15, -0.1) is 0 Å². The van der Waals surface area contributed by atoms with E-state index < -0.39 is 20.9 Å². The lowest BCUT2D eigenvalue weighted by Crippen LogP contribution is -2.44. The van der Waals surface area contributed by atoms with E-state index in [0.29, 0.717) is 13.1 Å². The Hall–Kier alpha value is -1.50. The van der Waals surface area contributed by atoms with Gasteiger partial charge in [-0.3, -0.25) is 4.79 Å². The minimum atomic E-state index is -3.61. The molecule has 30 heavy (non-hydrogen) atoms. The molecule has 2 aromatic rings. The van der Waals surface area contributed by atoms with Crippen LogP contribution in [0.15, 0.2) is 60.7 Å². The van der Waals surface area contributed by atoms with Crippen molar-refractivity contribution in [2.24, 2.45) is 16.7 Å². The van der Waals surface area contributed by atoms with Gasteiger partial charge in [0, 0.05) is 18.5 Å². The highest BCUT2D eigenvalue weighted by atomic mass is 79.9. The van der Waals surface area contributed by atoms with Crippen LogP contribution >= 0.6 is 15.9 Å². The maximum absolute atomic E-state index is 13.8. The molecule has 0 aromatic heterocycles. The van der Waals surface area contributed by atoms with E-state index in [-0.39, 0.29) is 22.3 Å². The van der Waals surface area contributed by atoms with E-state index in [1.807, 2.05) is 74.5 Å². The van der Waals surface area contributed by atoms with Crippen molar-refractivity contribution >= 4 is 31.7 Å². The number of sulfonamides is 1. The first-order valence-electron chi connectivity index (χ1n) is 10.4. The molecule has 0 unspecified atom stereocenters. The predicted octanol–water partition coefficient (Wildman–Crippen LogP) is 4.79. The van der Waals surface area contributed by atoms with Gasteiger partial charge in [0.1, 0.15) is 0 Å². The molecule has 0 heterocycles. The molecule has 0 amide bonds. The normalized spacial score (nSPS) is 30.9. The van der Waals surface area contributed by atoms with Crippen molar-refractivity contribution in [3.05, 3.63) is 71.8 Å². The van der Waals surface area contributed by atoms with E-state index in [1.165, 1.54) is 0 Å². The summed E-state index contributed by atoms with van der Waals surface area (Å²) in [5, 5.41) is 0. The summed E-state index contributed by atoms with van der Waals surface area (Å²) >= 11 is 3.57. The Balaban J connectivity index is 1.66. The van der Waals surface area contributed by atoms with Crippen LogP contribution in [0.4, 0.5) is 0 Å². The van der Waals surface area contributed by atoms with Gasteiger partial charge >= 0.3 is 0 Å². The molecule has 2 fully saturated rings. The number of carbonyl (C=O) groups excluding carboxylic acids is 1. The fraction of sp³-hybridized carbons (Fsp3) is 0.458. The van der Waals surface area contributed by atoms with Crippen LogP contribution in [0.1, 0.15) is 37.8 Å². The highest BCUT2D eigenvalue weighted by molar-refractivity contribution is 9.10. The summed E-state index contributed by atoms with van der Waals surface area (Å²) in [4.78, 5) is 12.6. The summed E-state index contributed by atoms with van der Waals surface area (Å²) in [5.74, 6) is 0.212. The van der Waals surface area contributed by atoms with Crippen molar-refractivity contribution in [2.45, 2.75) is 44.6 Å². The largest absolute Gasteiger partial charge is 0.298 e. The minimum Gasteiger partial charge on any atom is -0.298 e. The molecule has 0 saturated heterocycles. The van der Waals surface area contributed by atoms with Gasteiger partial charge in [-0.05, 0) is 35.3 Å². The number of benzene rings is 2. The average molecular weight is 490 g/mol. The molecule has 2 bridgehead atoms. The first-order chi connectivity index (χ1) is 14.2. The van der Waals surface area contributed by atoms with Gasteiger partial charge < -0.3 is 0 Å². The fourth-order valence-corrected chi connectivity index (χ4v) is 8.90. The standard InChI is InChI=1S/C24H28BrNO3S/c1-23-14-13-20(21(25)22(23)27)24(23,2)17-30(28,29)26(15-18-9-5-3-6-10-18)16-19-11-7-4-8-12-19/h3-12,20-21H,13-17H2,1-2H3/t20-,21+,23+,24+/m1/s1. The van der Waals surface area contributed by atoms with E-state index in [4.69, 9.17) is 0 Å². The molecule has 4 rings (SSSR count). The van der Waals surface area contributed by atoms with E-state index >= 15 is 0 Å². The molecule has 2 saturated carbocycles. The molecule has 2 aliphatic carbocycles. The summed E-state index contributed by atoms with van der Waals surface area (Å²) in [6.07, 6.45) is 1.66. The second-order valence-electron chi connectivity index (χ2n) is 9.16. The number of alkyl halides is 1. The summed E-state index contributed by atoms with van der Waals surface area (Å²) in [5.41, 5.74) is 0.752. The zero-order valence-electron chi connectivity index (χ0n) is 17.4. The topological polar surface area (TPSA) is 54.5 Å². The Morgan fingerprint density at radius 1 is 0.967 bits per heavy atom. The van der Waals surface area contributed by atoms with Crippen LogP contribution in [0.5, 0.6) is 0 Å². The van der Waals surface area contributed by atoms with Crippen LogP contribution < -0.4 is 0 Å². The van der Waals surface area contributed by atoms with Crippen LogP contribution in [0, 0.1) is 16.7 Å². The quantitative estimate of drug-likeness (QED) is 0.525. The Labute approximate surface area is 187 Å². The molecule has 0 aliphatic heterocycles. The third-order valence-electron chi connectivity index (χ3n) is 7.46. The van der Waals surface area contributed by atoms with Gasteiger partial charge in [-0.25, -0.2) is 8.42 Å². The highest BCUT2D eigenvalue weighted by Gasteiger charge is 2.68. The maximum atomic E-state index is 13.8. The van der Waals surface area contributed by atoms with Crippen molar-refractivity contribution in [1.29, 1.82) is 0 Å².